The van der Waals surface area contributed by atoms with Gasteiger partial charge in [0.2, 0.25) is 0 Å². The molecule has 2 fully saturated rings. The molecule has 1 amide bonds. The molecule has 2 aliphatic rings. The number of halogens is 3. The molecule has 1 aromatic carbocycles. The van der Waals surface area contributed by atoms with Crippen molar-refractivity contribution in [2.75, 3.05) is 19.0 Å². The van der Waals surface area contributed by atoms with E-state index >= 15 is 0 Å². The molecule has 26 heavy (non-hydrogen) atoms. The van der Waals surface area contributed by atoms with Crippen molar-refractivity contribution in [2.24, 2.45) is 0 Å². The number of benzene rings is 1. The number of nitrogens with zero attached hydrogens (tertiary/aromatic N) is 2. The molecule has 142 valence electrons. The summed E-state index contributed by atoms with van der Waals surface area (Å²) in [4.78, 5) is 16.7. The van der Waals surface area contributed by atoms with Crippen molar-refractivity contribution in [3.05, 3.63) is 42.2 Å². The van der Waals surface area contributed by atoms with Gasteiger partial charge in [-0.05, 0) is 37.1 Å². The zero-order valence-corrected chi connectivity index (χ0v) is 14.9. The molecule has 0 aromatic heterocycles. The highest BCUT2D eigenvalue weighted by molar-refractivity contribution is 5.95. The summed E-state index contributed by atoms with van der Waals surface area (Å²) >= 11 is 0. The van der Waals surface area contributed by atoms with Gasteiger partial charge in [-0.1, -0.05) is 6.58 Å². The smallest absolute Gasteiger partial charge is 0.448 e. The SMILES string of the molecule is C=C(OC1CC2CCC(C1)N2C(=O)c1ccc(N(C)C)cc1)C(F)(F)F. The Balaban J connectivity index is 1.68. The van der Waals surface area contributed by atoms with Gasteiger partial charge in [-0.25, -0.2) is 0 Å². The van der Waals surface area contributed by atoms with Gasteiger partial charge in [-0.2, -0.15) is 13.2 Å². The molecular formula is C19H23F3N2O2. The number of carbonyl (C=O) groups excluding carboxylic acids is 1. The molecule has 2 unspecified atom stereocenters. The van der Waals surface area contributed by atoms with Gasteiger partial charge in [0.1, 0.15) is 6.10 Å². The molecular weight excluding hydrogens is 345 g/mol. The number of fused-ring (bicyclic) bond motifs is 2. The van der Waals surface area contributed by atoms with E-state index in [-0.39, 0.29) is 18.0 Å². The van der Waals surface area contributed by atoms with E-state index in [4.69, 9.17) is 4.74 Å². The average molecular weight is 368 g/mol. The summed E-state index contributed by atoms with van der Waals surface area (Å²) in [5.41, 5.74) is 1.61. The molecule has 0 saturated carbocycles. The molecule has 0 radical (unpaired) electrons. The van der Waals surface area contributed by atoms with Crippen LogP contribution >= 0.6 is 0 Å². The minimum Gasteiger partial charge on any atom is -0.486 e. The molecule has 2 bridgehead atoms. The summed E-state index contributed by atoms with van der Waals surface area (Å²) in [6.07, 6.45) is -2.67. The van der Waals surface area contributed by atoms with E-state index in [2.05, 4.69) is 6.58 Å². The van der Waals surface area contributed by atoms with Crippen LogP contribution in [0.5, 0.6) is 0 Å². The Morgan fingerprint density at radius 1 is 1.15 bits per heavy atom. The summed E-state index contributed by atoms with van der Waals surface area (Å²) in [6, 6.07) is 7.20. The third kappa shape index (κ3) is 3.66. The number of piperidine rings is 1. The Labute approximate surface area is 151 Å². The van der Waals surface area contributed by atoms with Gasteiger partial charge in [-0.3, -0.25) is 4.79 Å². The van der Waals surface area contributed by atoms with Crippen LogP contribution in [-0.2, 0) is 4.74 Å². The lowest BCUT2D eigenvalue weighted by molar-refractivity contribution is -0.144. The van der Waals surface area contributed by atoms with Gasteiger partial charge in [0.15, 0.2) is 5.76 Å². The summed E-state index contributed by atoms with van der Waals surface area (Å²) in [5.74, 6) is -1.21. The molecule has 2 atom stereocenters. The predicted molar refractivity (Wildman–Crippen MR) is 93.1 cm³/mol. The molecule has 0 aliphatic carbocycles. The van der Waals surface area contributed by atoms with Crippen LogP contribution in [0.1, 0.15) is 36.0 Å². The lowest BCUT2D eigenvalue weighted by Gasteiger charge is -2.39. The van der Waals surface area contributed by atoms with Crippen LogP contribution in [0.4, 0.5) is 18.9 Å². The number of carbonyl (C=O) groups is 1. The molecule has 1 aromatic rings. The van der Waals surface area contributed by atoms with Gasteiger partial charge in [0, 0.05) is 50.3 Å². The first-order chi connectivity index (χ1) is 12.2. The zero-order chi connectivity index (χ0) is 19.1. The topological polar surface area (TPSA) is 32.8 Å². The normalized spacial score (nSPS) is 25.1. The van der Waals surface area contributed by atoms with Crippen molar-refractivity contribution >= 4 is 11.6 Å². The van der Waals surface area contributed by atoms with Crippen LogP contribution in [0.2, 0.25) is 0 Å². The third-order valence-corrected chi connectivity index (χ3v) is 5.18. The number of hydrogen-bond donors (Lipinski definition) is 0. The van der Waals surface area contributed by atoms with E-state index in [1.807, 2.05) is 36.0 Å². The first kappa shape index (κ1) is 18.6. The Morgan fingerprint density at radius 3 is 2.15 bits per heavy atom. The van der Waals surface area contributed by atoms with Crippen molar-refractivity contribution in [1.82, 2.24) is 4.90 Å². The van der Waals surface area contributed by atoms with Gasteiger partial charge in [-0.15, -0.1) is 0 Å². The van der Waals surface area contributed by atoms with E-state index in [0.717, 1.165) is 18.5 Å². The Morgan fingerprint density at radius 2 is 1.69 bits per heavy atom. The number of rotatable bonds is 4. The maximum atomic E-state index is 12.9. The van der Waals surface area contributed by atoms with Crippen LogP contribution in [0.15, 0.2) is 36.6 Å². The standard InChI is InChI=1S/C19H23F3N2O2/c1-12(19(20,21)22)26-17-10-15-8-9-16(11-17)24(15)18(25)13-4-6-14(7-5-13)23(2)3/h4-7,15-17H,1,8-11H2,2-3H3. The molecule has 0 N–H and O–H groups in total. The van der Waals surface area contributed by atoms with E-state index in [9.17, 15) is 18.0 Å². The quantitative estimate of drug-likeness (QED) is 0.754. The molecule has 7 heteroatoms. The van der Waals surface area contributed by atoms with Crippen molar-refractivity contribution in [3.8, 4) is 0 Å². The van der Waals surface area contributed by atoms with Crippen molar-refractivity contribution in [2.45, 2.75) is 50.0 Å². The Hall–Kier alpha value is -2.18. The number of hydrogen-bond acceptors (Lipinski definition) is 3. The number of alkyl halides is 3. The fourth-order valence-corrected chi connectivity index (χ4v) is 3.87. The maximum Gasteiger partial charge on any atom is 0.448 e. The Kier molecular flexibility index (Phi) is 4.90. The second kappa shape index (κ2) is 6.85. The van der Waals surface area contributed by atoms with Crippen LogP contribution in [-0.4, -0.2) is 49.3 Å². The highest BCUT2D eigenvalue weighted by atomic mass is 19.4. The monoisotopic (exact) mass is 368 g/mol. The van der Waals surface area contributed by atoms with Crippen molar-refractivity contribution in [1.29, 1.82) is 0 Å². The summed E-state index contributed by atoms with van der Waals surface area (Å²) in [5, 5.41) is 0. The van der Waals surface area contributed by atoms with Crippen LogP contribution < -0.4 is 4.90 Å². The summed E-state index contributed by atoms with van der Waals surface area (Å²) < 4.78 is 43.0. The Bertz CT molecular complexity index is 671. The van der Waals surface area contributed by atoms with Crippen molar-refractivity contribution in [3.63, 3.8) is 0 Å². The zero-order valence-electron chi connectivity index (χ0n) is 14.9. The van der Waals surface area contributed by atoms with Gasteiger partial charge in [0.25, 0.3) is 5.91 Å². The highest BCUT2D eigenvalue weighted by Crippen LogP contribution is 2.39. The molecule has 3 rings (SSSR count). The lowest BCUT2D eigenvalue weighted by atomic mass is 9.98. The minimum atomic E-state index is -4.54. The summed E-state index contributed by atoms with van der Waals surface area (Å²) in [7, 11) is 3.85. The van der Waals surface area contributed by atoms with Gasteiger partial charge in [0.05, 0.1) is 0 Å². The van der Waals surface area contributed by atoms with E-state index in [0.29, 0.717) is 18.4 Å². The number of allylic oxidation sites excluding steroid dienone is 1. The maximum absolute atomic E-state index is 12.9. The largest absolute Gasteiger partial charge is 0.486 e. The predicted octanol–water partition coefficient (Wildman–Crippen LogP) is 3.98. The molecule has 2 heterocycles. The van der Waals surface area contributed by atoms with Crippen LogP contribution in [0.25, 0.3) is 0 Å². The highest BCUT2D eigenvalue weighted by Gasteiger charge is 2.45. The second-order valence-corrected chi connectivity index (χ2v) is 7.17. The minimum absolute atomic E-state index is 0.0593. The molecule has 2 saturated heterocycles. The summed E-state index contributed by atoms with van der Waals surface area (Å²) in [6.45, 7) is 2.98. The number of amides is 1. The fourth-order valence-electron chi connectivity index (χ4n) is 3.87. The van der Waals surface area contributed by atoms with E-state index in [1.54, 1.807) is 12.1 Å². The first-order valence-corrected chi connectivity index (χ1v) is 8.69. The van der Waals surface area contributed by atoms with Crippen molar-refractivity contribution < 1.29 is 22.7 Å². The fraction of sp³-hybridized carbons (Fsp3) is 0.526. The first-order valence-electron chi connectivity index (χ1n) is 8.69. The lowest BCUT2D eigenvalue weighted by Crippen LogP contribution is -2.48. The number of ether oxygens (including phenoxy) is 1. The van der Waals surface area contributed by atoms with Gasteiger partial charge >= 0.3 is 6.18 Å². The van der Waals surface area contributed by atoms with E-state index < -0.39 is 18.0 Å². The average Bonchev–Trinajstić information content (AvgIpc) is 2.84. The molecule has 4 nitrogen and oxygen atoms in total. The van der Waals surface area contributed by atoms with E-state index in [1.165, 1.54) is 0 Å². The molecule has 2 aliphatic heterocycles. The third-order valence-electron chi connectivity index (χ3n) is 5.18. The second-order valence-electron chi connectivity index (χ2n) is 7.17. The van der Waals surface area contributed by atoms with Crippen LogP contribution in [0.3, 0.4) is 0 Å². The van der Waals surface area contributed by atoms with Gasteiger partial charge < -0.3 is 14.5 Å². The molecule has 0 spiro atoms. The van der Waals surface area contributed by atoms with Crippen LogP contribution in [0, 0.1) is 0 Å². The number of anilines is 1.